The molecule has 2 aromatic rings. The van der Waals surface area contributed by atoms with Crippen LogP contribution in [0.15, 0.2) is 42.5 Å². The minimum Gasteiger partial charge on any atom is -0.487 e. The molecule has 1 saturated heterocycles. The van der Waals surface area contributed by atoms with Crippen molar-refractivity contribution in [3.8, 4) is 5.75 Å². The van der Waals surface area contributed by atoms with E-state index in [9.17, 15) is 4.39 Å². The summed E-state index contributed by atoms with van der Waals surface area (Å²) in [7, 11) is -0.428. The summed E-state index contributed by atoms with van der Waals surface area (Å²) in [5.74, 6) is -0.0620. The summed E-state index contributed by atoms with van der Waals surface area (Å²) in [5.41, 5.74) is 1.07. The van der Waals surface area contributed by atoms with Crippen LogP contribution in [0.3, 0.4) is 0 Å². The molecule has 25 heavy (non-hydrogen) atoms. The summed E-state index contributed by atoms with van der Waals surface area (Å²) in [5, 5.41) is 0.378. The van der Waals surface area contributed by atoms with Crippen molar-refractivity contribution in [2.45, 2.75) is 45.5 Å². The van der Waals surface area contributed by atoms with Gasteiger partial charge in [0.15, 0.2) is 0 Å². The molecule has 0 radical (unpaired) electrons. The van der Waals surface area contributed by atoms with Crippen LogP contribution >= 0.6 is 11.6 Å². The van der Waals surface area contributed by atoms with E-state index in [0.29, 0.717) is 10.8 Å². The van der Waals surface area contributed by atoms with Crippen LogP contribution in [0, 0.1) is 5.82 Å². The average Bonchev–Trinajstić information content (AvgIpc) is 2.77. The number of rotatable bonds is 4. The van der Waals surface area contributed by atoms with Gasteiger partial charge in [0.1, 0.15) is 18.2 Å². The first-order chi connectivity index (χ1) is 11.7. The molecule has 0 bridgehead atoms. The number of benzene rings is 2. The molecule has 0 unspecified atom stereocenters. The molecule has 0 saturated carbocycles. The summed E-state index contributed by atoms with van der Waals surface area (Å²) in [6.07, 6.45) is 0. The molecule has 3 nitrogen and oxygen atoms in total. The highest BCUT2D eigenvalue weighted by Gasteiger charge is 2.51. The summed E-state index contributed by atoms with van der Waals surface area (Å²) in [4.78, 5) is 0. The normalized spacial score (nSPS) is 18.4. The van der Waals surface area contributed by atoms with Gasteiger partial charge in [-0.1, -0.05) is 35.9 Å². The third kappa shape index (κ3) is 3.84. The van der Waals surface area contributed by atoms with Gasteiger partial charge >= 0.3 is 7.12 Å². The second-order valence-corrected chi connectivity index (χ2v) is 7.60. The van der Waals surface area contributed by atoms with Crippen LogP contribution in [0.4, 0.5) is 4.39 Å². The summed E-state index contributed by atoms with van der Waals surface area (Å²) in [6.45, 7) is 8.35. The molecule has 0 spiro atoms. The van der Waals surface area contributed by atoms with Crippen molar-refractivity contribution in [1.82, 2.24) is 0 Å². The van der Waals surface area contributed by atoms with Crippen LogP contribution in [0.25, 0.3) is 0 Å². The number of halogens is 2. The molecule has 0 amide bonds. The predicted molar refractivity (Wildman–Crippen MR) is 97.9 cm³/mol. The smallest absolute Gasteiger partial charge is 0.487 e. The summed E-state index contributed by atoms with van der Waals surface area (Å²) >= 11 is 6.03. The van der Waals surface area contributed by atoms with E-state index >= 15 is 0 Å². The number of hydrogen-bond acceptors (Lipinski definition) is 3. The monoisotopic (exact) mass is 362 g/mol. The van der Waals surface area contributed by atoms with Crippen LogP contribution < -0.4 is 10.2 Å². The van der Waals surface area contributed by atoms with E-state index < -0.39 is 7.12 Å². The van der Waals surface area contributed by atoms with Crippen molar-refractivity contribution < 1.29 is 18.4 Å². The molecule has 0 aliphatic carbocycles. The molecule has 3 rings (SSSR count). The zero-order chi connectivity index (χ0) is 18.2. The number of hydrogen-bond donors (Lipinski definition) is 0. The Kier molecular flexibility index (Phi) is 4.84. The average molecular weight is 363 g/mol. The van der Waals surface area contributed by atoms with Crippen molar-refractivity contribution in [1.29, 1.82) is 0 Å². The number of ether oxygens (including phenoxy) is 1. The lowest BCUT2D eigenvalue weighted by Gasteiger charge is -2.32. The van der Waals surface area contributed by atoms with Gasteiger partial charge in [-0.15, -0.1) is 0 Å². The van der Waals surface area contributed by atoms with Crippen molar-refractivity contribution in [3.63, 3.8) is 0 Å². The van der Waals surface area contributed by atoms with E-state index in [1.807, 2.05) is 52.0 Å². The minimum atomic E-state index is -0.428. The van der Waals surface area contributed by atoms with Crippen LogP contribution in [-0.2, 0) is 15.9 Å². The highest BCUT2D eigenvalue weighted by molar-refractivity contribution is 6.62. The Morgan fingerprint density at radius 1 is 1.04 bits per heavy atom. The van der Waals surface area contributed by atoms with Crippen molar-refractivity contribution in [2.24, 2.45) is 0 Å². The lowest BCUT2D eigenvalue weighted by Crippen LogP contribution is -2.41. The fourth-order valence-corrected chi connectivity index (χ4v) is 2.73. The standard InChI is InChI=1S/C19H21BClFO3/c1-18(2)19(3,4)25-20(24-18)14-7-5-6-13(10-14)12-23-17-11-15(22)8-9-16(17)21/h5-11H,12H2,1-4H3. The van der Waals surface area contributed by atoms with Gasteiger partial charge in [-0.25, -0.2) is 4.39 Å². The van der Waals surface area contributed by atoms with E-state index in [0.717, 1.165) is 11.0 Å². The minimum absolute atomic E-state index is 0.274. The fraction of sp³-hybridized carbons (Fsp3) is 0.368. The van der Waals surface area contributed by atoms with E-state index in [-0.39, 0.29) is 23.6 Å². The Bertz CT molecular complexity index is 763. The molecule has 132 valence electrons. The van der Waals surface area contributed by atoms with Gasteiger partial charge in [0.05, 0.1) is 16.2 Å². The van der Waals surface area contributed by atoms with Crippen LogP contribution in [-0.4, -0.2) is 18.3 Å². The van der Waals surface area contributed by atoms with Crippen molar-refractivity contribution in [2.75, 3.05) is 0 Å². The van der Waals surface area contributed by atoms with Crippen LogP contribution in [0.1, 0.15) is 33.3 Å². The Balaban J connectivity index is 1.73. The van der Waals surface area contributed by atoms with Crippen LogP contribution in [0.2, 0.25) is 5.02 Å². The fourth-order valence-electron chi connectivity index (χ4n) is 2.56. The van der Waals surface area contributed by atoms with E-state index in [1.54, 1.807) is 0 Å². The first-order valence-corrected chi connectivity index (χ1v) is 8.58. The maximum atomic E-state index is 13.3. The Hall–Kier alpha value is -1.56. The molecule has 1 aliphatic rings. The van der Waals surface area contributed by atoms with Gasteiger partial charge in [-0.2, -0.15) is 0 Å². The van der Waals surface area contributed by atoms with Gasteiger partial charge in [0.25, 0.3) is 0 Å². The topological polar surface area (TPSA) is 27.7 Å². The molecule has 0 N–H and O–H groups in total. The molecule has 6 heteroatoms. The van der Waals surface area contributed by atoms with Gasteiger partial charge in [-0.05, 0) is 50.9 Å². The summed E-state index contributed by atoms with van der Waals surface area (Å²) < 4.78 is 31.1. The lowest BCUT2D eigenvalue weighted by molar-refractivity contribution is 0.00578. The first-order valence-electron chi connectivity index (χ1n) is 8.20. The highest BCUT2D eigenvalue weighted by Crippen LogP contribution is 2.36. The maximum Gasteiger partial charge on any atom is 0.494 e. The molecule has 2 aromatic carbocycles. The molecule has 1 aliphatic heterocycles. The third-order valence-corrected chi connectivity index (χ3v) is 5.08. The quantitative estimate of drug-likeness (QED) is 0.757. The molecule has 0 atom stereocenters. The predicted octanol–water partition coefficient (Wildman–Crippen LogP) is 4.36. The largest absolute Gasteiger partial charge is 0.494 e. The van der Waals surface area contributed by atoms with Crippen molar-refractivity contribution >= 4 is 24.2 Å². The first kappa shape index (κ1) is 18.2. The highest BCUT2D eigenvalue weighted by atomic mass is 35.5. The SMILES string of the molecule is CC1(C)OB(c2cccc(COc3cc(F)ccc3Cl)c2)OC1(C)C. The Morgan fingerprint density at radius 3 is 2.40 bits per heavy atom. The van der Waals surface area contributed by atoms with Crippen molar-refractivity contribution in [3.05, 3.63) is 58.9 Å². The van der Waals surface area contributed by atoms with Gasteiger partial charge in [0, 0.05) is 6.07 Å². The van der Waals surface area contributed by atoms with E-state index in [4.69, 9.17) is 25.6 Å². The molecule has 1 heterocycles. The zero-order valence-electron chi connectivity index (χ0n) is 14.8. The van der Waals surface area contributed by atoms with Gasteiger partial charge in [-0.3, -0.25) is 0 Å². The Labute approximate surface area is 153 Å². The lowest BCUT2D eigenvalue weighted by atomic mass is 9.78. The second kappa shape index (κ2) is 6.63. The van der Waals surface area contributed by atoms with Crippen LogP contribution in [0.5, 0.6) is 5.75 Å². The third-order valence-electron chi connectivity index (χ3n) is 4.76. The summed E-state index contributed by atoms with van der Waals surface area (Å²) in [6, 6.07) is 11.8. The van der Waals surface area contributed by atoms with E-state index in [2.05, 4.69) is 0 Å². The zero-order valence-corrected chi connectivity index (χ0v) is 15.6. The van der Waals surface area contributed by atoms with E-state index in [1.165, 1.54) is 18.2 Å². The molecular formula is C19H21BClFO3. The molecular weight excluding hydrogens is 341 g/mol. The Morgan fingerprint density at radius 2 is 1.72 bits per heavy atom. The van der Waals surface area contributed by atoms with Gasteiger partial charge in [0.2, 0.25) is 0 Å². The molecule has 1 fully saturated rings. The van der Waals surface area contributed by atoms with Gasteiger partial charge < -0.3 is 14.0 Å². The second-order valence-electron chi connectivity index (χ2n) is 7.20. The maximum absolute atomic E-state index is 13.3. The molecule has 0 aromatic heterocycles.